The average molecular weight is 1060 g/mol. The first-order valence-electron chi connectivity index (χ1n) is 26.5. The third-order valence-electron chi connectivity index (χ3n) is 12.1. The second kappa shape index (κ2) is 34.0. The number of carbonyl (C=O) groups is 9. The Morgan fingerprint density at radius 2 is 1.18 bits per heavy atom. The molecule has 21 heteroatoms. The second-order valence-electron chi connectivity index (χ2n) is 21.5. The number of rotatable bonds is 30. The molecule has 4 amide bonds. The molecule has 0 spiro atoms. The molecule has 0 aromatic rings. The summed E-state index contributed by atoms with van der Waals surface area (Å²) < 4.78 is 33.1. The van der Waals surface area contributed by atoms with Gasteiger partial charge in [0.1, 0.15) is 42.5 Å². The highest BCUT2D eigenvalue weighted by atomic mass is 16.6. The van der Waals surface area contributed by atoms with Crippen LogP contribution in [-0.2, 0) is 57.2 Å². The molecule has 0 aromatic heterocycles. The Hall–Kier alpha value is -5.63. The van der Waals surface area contributed by atoms with Crippen LogP contribution >= 0.6 is 0 Å². The summed E-state index contributed by atoms with van der Waals surface area (Å²) in [5, 5.41) is 32.5. The van der Waals surface area contributed by atoms with Gasteiger partial charge in [0.25, 0.3) is 5.91 Å². The molecule has 6 N–H and O–H groups in total. The molecule has 1 heterocycles. The van der Waals surface area contributed by atoms with Crippen LogP contribution in [-0.4, -0.2) is 127 Å². The third kappa shape index (κ3) is 27.1. The van der Waals surface area contributed by atoms with Crippen LogP contribution in [0.1, 0.15) is 197 Å². The molecule has 1 aliphatic heterocycles. The molecule has 0 radical (unpaired) electrons. The molecular weight excluding hydrogens is 965 g/mol. The molecule has 0 saturated carbocycles. The van der Waals surface area contributed by atoms with Gasteiger partial charge in [-0.1, -0.05) is 83.3 Å². The zero-order valence-electron chi connectivity index (χ0n) is 45.8. The van der Waals surface area contributed by atoms with Crippen molar-refractivity contribution in [1.82, 2.24) is 21.3 Å². The molecule has 74 heavy (non-hydrogen) atoms. The molecule has 1 saturated heterocycles. The smallest absolute Gasteiger partial charge is 0.408 e. The summed E-state index contributed by atoms with van der Waals surface area (Å²) >= 11 is 0. The number of ether oxygens (including phenoxy) is 6. The van der Waals surface area contributed by atoms with Gasteiger partial charge in [0.05, 0.1) is 5.41 Å². The second-order valence-corrected chi connectivity index (χ2v) is 21.5. The first-order valence-corrected chi connectivity index (χ1v) is 26.5. The van der Waals surface area contributed by atoms with Gasteiger partial charge in [-0.05, 0) is 107 Å². The van der Waals surface area contributed by atoms with Crippen LogP contribution in [0.5, 0.6) is 0 Å². The molecule has 424 valence electrons. The molecule has 1 rings (SSSR count). The summed E-state index contributed by atoms with van der Waals surface area (Å²) in [6.07, 6.45) is 13.1. The van der Waals surface area contributed by atoms with E-state index in [2.05, 4.69) is 40.3 Å². The Labute approximate surface area is 438 Å². The zero-order chi connectivity index (χ0) is 55.9. The lowest BCUT2D eigenvalue weighted by Crippen LogP contribution is -2.69. The van der Waals surface area contributed by atoms with E-state index in [1.165, 1.54) is 46.0 Å². The number of hydrogen-bond acceptors (Lipinski definition) is 15. The van der Waals surface area contributed by atoms with Gasteiger partial charge in [-0.2, -0.15) is 0 Å². The molecule has 2 unspecified atom stereocenters. The normalized spacial score (nSPS) is 18.5. The van der Waals surface area contributed by atoms with Gasteiger partial charge in [0.2, 0.25) is 0 Å². The fraction of sp³-hybridized carbons (Fsp3) is 0.792. The van der Waals surface area contributed by atoms with Crippen LogP contribution in [0.15, 0.2) is 12.2 Å². The van der Waals surface area contributed by atoms with E-state index in [9.17, 15) is 53.4 Å². The molecule has 0 bridgehead atoms. The molecule has 1 fully saturated rings. The minimum atomic E-state index is -2.80. The molecule has 0 aromatic carbocycles. The lowest BCUT2D eigenvalue weighted by atomic mass is 9.57. The molecule has 1 aliphatic rings. The number of esters is 3. The van der Waals surface area contributed by atoms with E-state index in [-0.39, 0.29) is 64.6 Å². The topological polar surface area (TPSA) is 298 Å². The molecule has 2 atom stereocenters. The Bertz CT molecular complexity index is 1770. The SMILES string of the molecule is CCCCCCCCC=CCCCCCCCCC1(C(=O)O)C(C(=O)O)NC(=O)C(C)(C)OC(=O)NCCCC(=O)OCC1(COC(=O)CCCNC(=O)OC(C)(C)C)COC(=O)CCCNC(=O)OC(C)(C)C. The van der Waals surface area contributed by atoms with Gasteiger partial charge >= 0.3 is 48.1 Å². The van der Waals surface area contributed by atoms with Crippen molar-refractivity contribution < 1.29 is 81.8 Å². The molecular formula is C53H90N4O17. The van der Waals surface area contributed by atoms with Crippen molar-refractivity contribution in [3.63, 3.8) is 0 Å². The number of cyclic esters (lactones) is 2. The molecule has 0 aliphatic carbocycles. The van der Waals surface area contributed by atoms with Crippen LogP contribution in [0, 0.1) is 10.8 Å². The fourth-order valence-electron chi connectivity index (χ4n) is 8.12. The number of hydrogen-bond donors (Lipinski definition) is 6. The summed E-state index contributed by atoms with van der Waals surface area (Å²) in [5.41, 5.74) is -8.93. The Morgan fingerprint density at radius 3 is 1.64 bits per heavy atom. The van der Waals surface area contributed by atoms with Gasteiger partial charge in [0, 0.05) is 38.9 Å². The van der Waals surface area contributed by atoms with Gasteiger partial charge in [-0.25, -0.2) is 19.2 Å². The highest BCUT2D eigenvalue weighted by molar-refractivity contribution is 5.94. The Balaban J connectivity index is 3.76. The standard InChI is InChI=1S/C53H90N4O17/c1-10-11-12-13-14-15-16-17-18-19-20-21-22-23-24-25-32-53(45(64)65)42(43(61)62)57-44(63)51(8,9)74-48(68)56-35-28-31-41(60)71-38-52(53,36-69-39(58)29-26-33-54-46(66)72-49(2,3)4)37-70-40(59)30-27-34-55-47(67)73-50(5,6)7/h17-18,42H,10-16,19-38H2,1-9H3,(H,54,66)(H,55,67)(H,56,68)(H,57,63)(H,61,62)(H,64,65). The first-order chi connectivity index (χ1) is 34.7. The number of unbranched alkanes of at least 4 members (excludes halogenated alkanes) is 12. The monoisotopic (exact) mass is 1050 g/mol. The number of carbonyl (C=O) groups excluding carboxylic acids is 7. The predicted octanol–water partition coefficient (Wildman–Crippen LogP) is 8.58. The third-order valence-corrected chi connectivity index (χ3v) is 12.1. The highest BCUT2D eigenvalue weighted by Gasteiger charge is 2.66. The highest BCUT2D eigenvalue weighted by Crippen LogP contribution is 2.49. The van der Waals surface area contributed by atoms with Crippen molar-refractivity contribution >= 4 is 54.0 Å². The van der Waals surface area contributed by atoms with E-state index in [4.69, 9.17) is 28.4 Å². The number of nitrogens with one attached hydrogen (secondary N) is 4. The van der Waals surface area contributed by atoms with Crippen LogP contribution < -0.4 is 21.3 Å². The minimum absolute atomic E-state index is 0.0104. The van der Waals surface area contributed by atoms with Crippen molar-refractivity contribution in [3.05, 3.63) is 12.2 Å². The largest absolute Gasteiger partial charge is 0.481 e. The van der Waals surface area contributed by atoms with Crippen LogP contribution in [0.25, 0.3) is 0 Å². The summed E-state index contributed by atoms with van der Waals surface area (Å²) in [7, 11) is 0. The number of aliphatic carboxylic acids is 2. The fourth-order valence-corrected chi connectivity index (χ4v) is 8.12. The zero-order valence-corrected chi connectivity index (χ0v) is 45.8. The lowest BCUT2D eigenvalue weighted by molar-refractivity contribution is -0.200. The number of alkyl carbamates (subject to hydrolysis) is 3. The lowest BCUT2D eigenvalue weighted by Gasteiger charge is -2.49. The predicted molar refractivity (Wildman–Crippen MR) is 274 cm³/mol. The summed E-state index contributed by atoms with van der Waals surface area (Å²) in [4.78, 5) is 120. The van der Waals surface area contributed by atoms with E-state index in [0.717, 1.165) is 38.5 Å². The summed E-state index contributed by atoms with van der Waals surface area (Å²) in [6.45, 7) is 11.4. The van der Waals surface area contributed by atoms with Gasteiger partial charge in [-0.15, -0.1) is 0 Å². The van der Waals surface area contributed by atoms with E-state index in [0.29, 0.717) is 12.8 Å². The van der Waals surface area contributed by atoms with Crippen molar-refractivity contribution in [2.24, 2.45) is 10.8 Å². The van der Waals surface area contributed by atoms with E-state index in [1.807, 2.05) is 0 Å². The van der Waals surface area contributed by atoms with E-state index in [1.54, 1.807) is 41.5 Å². The van der Waals surface area contributed by atoms with Crippen molar-refractivity contribution in [3.8, 4) is 0 Å². The van der Waals surface area contributed by atoms with Crippen molar-refractivity contribution in [2.45, 2.75) is 220 Å². The number of carboxylic acid groups (broad SMARTS) is 2. The minimum Gasteiger partial charge on any atom is -0.481 e. The first kappa shape index (κ1) is 66.4. The number of amides is 4. The Morgan fingerprint density at radius 1 is 0.703 bits per heavy atom. The van der Waals surface area contributed by atoms with Gasteiger partial charge in [-0.3, -0.25) is 24.0 Å². The van der Waals surface area contributed by atoms with Crippen LogP contribution in [0.2, 0.25) is 0 Å². The number of allylic oxidation sites excluding steroid dienone is 2. The summed E-state index contributed by atoms with van der Waals surface area (Å²) in [5.74, 6) is -7.72. The van der Waals surface area contributed by atoms with Crippen molar-refractivity contribution in [1.29, 1.82) is 0 Å². The van der Waals surface area contributed by atoms with Crippen LogP contribution in [0.4, 0.5) is 14.4 Å². The number of carboxylic acids is 2. The average Bonchev–Trinajstić information content (AvgIpc) is 3.29. The van der Waals surface area contributed by atoms with Gasteiger partial charge in [0.15, 0.2) is 5.60 Å². The Kier molecular flexibility index (Phi) is 30.5. The van der Waals surface area contributed by atoms with Gasteiger partial charge < -0.3 is 59.9 Å². The van der Waals surface area contributed by atoms with Crippen molar-refractivity contribution in [2.75, 3.05) is 39.5 Å². The van der Waals surface area contributed by atoms with E-state index >= 15 is 0 Å². The van der Waals surface area contributed by atoms with E-state index < -0.39 is 114 Å². The quantitative estimate of drug-likeness (QED) is 0.0170. The maximum absolute atomic E-state index is 14.4. The summed E-state index contributed by atoms with van der Waals surface area (Å²) in [6, 6.07) is -2.43. The maximum atomic E-state index is 14.4. The van der Waals surface area contributed by atoms with Crippen LogP contribution in [0.3, 0.4) is 0 Å². The molecule has 21 nitrogen and oxygen atoms in total. The maximum Gasteiger partial charge on any atom is 0.408 e.